The van der Waals surface area contributed by atoms with Crippen molar-refractivity contribution in [2.75, 3.05) is 0 Å². The summed E-state index contributed by atoms with van der Waals surface area (Å²) in [6.45, 7) is 1.84. The molecule has 0 aromatic heterocycles. The largest absolute Gasteiger partial charge is 0.481 e. The molecule has 8 heteroatoms. The highest BCUT2D eigenvalue weighted by molar-refractivity contribution is 6.10. The van der Waals surface area contributed by atoms with E-state index in [4.69, 9.17) is 0 Å². The van der Waals surface area contributed by atoms with Gasteiger partial charge in [-0.05, 0) is 23.6 Å². The predicted molar refractivity (Wildman–Crippen MR) is 109 cm³/mol. The van der Waals surface area contributed by atoms with Crippen molar-refractivity contribution in [1.82, 2.24) is 10.2 Å². The molecule has 0 saturated carbocycles. The minimum atomic E-state index is -2.08. The van der Waals surface area contributed by atoms with Crippen molar-refractivity contribution in [2.45, 2.75) is 31.5 Å². The highest BCUT2D eigenvalue weighted by Crippen LogP contribution is 2.50. The quantitative estimate of drug-likeness (QED) is 0.606. The van der Waals surface area contributed by atoms with Gasteiger partial charge in [0.2, 0.25) is 11.8 Å². The molecular weight excluding hydrogens is 400 g/mol. The van der Waals surface area contributed by atoms with Crippen molar-refractivity contribution in [2.24, 2.45) is 11.8 Å². The van der Waals surface area contributed by atoms with Crippen molar-refractivity contribution < 1.29 is 29.4 Å². The average Bonchev–Trinajstić information content (AvgIpc) is 3.19. The molecule has 0 aliphatic carbocycles. The third-order valence-electron chi connectivity index (χ3n) is 6.26. The number of carboxylic acids is 2. The van der Waals surface area contributed by atoms with E-state index in [1.54, 1.807) is 36.4 Å². The fourth-order valence-corrected chi connectivity index (χ4v) is 4.86. The molecule has 0 radical (unpaired) electrons. The van der Waals surface area contributed by atoms with Crippen LogP contribution >= 0.6 is 0 Å². The lowest BCUT2D eigenvalue weighted by molar-refractivity contribution is -0.156. The van der Waals surface area contributed by atoms with Crippen LogP contribution in [0.4, 0.5) is 0 Å². The summed E-state index contributed by atoms with van der Waals surface area (Å²) in [5.41, 5.74) is 0.135. The molecule has 2 aliphatic heterocycles. The SMILES string of the molecule is Cc1ccccc1C1NC(CC(=O)O)(C(=O)O)C2C(=O)N(Cc3ccccc3)C(=O)C12. The van der Waals surface area contributed by atoms with E-state index in [2.05, 4.69) is 5.32 Å². The van der Waals surface area contributed by atoms with Crippen LogP contribution in [0.2, 0.25) is 0 Å². The molecule has 8 nitrogen and oxygen atoms in total. The number of carbonyl (C=O) groups is 4. The lowest BCUT2D eigenvalue weighted by Gasteiger charge is -2.30. The zero-order valence-electron chi connectivity index (χ0n) is 16.8. The molecule has 31 heavy (non-hydrogen) atoms. The number of nitrogens with one attached hydrogen (secondary N) is 1. The second-order valence-corrected chi connectivity index (χ2v) is 8.08. The van der Waals surface area contributed by atoms with Crippen LogP contribution in [0.25, 0.3) is 0 Å². The Morgan fingerprint density at radius 2 is 1.65 bits per heavy atom. The van der Waals surface area contributed by atoms with E-state index in [1.165, 1.54) is 0 Å². The first kappa shape index (κ1) is 20.7. The summed E-state index contributed by atoms with van der Waals surface area (Å²) in [5, 5.41) is 22.4. The zero-order valence-corrected chi connectivity index (χ0v) is 16.8. The van der Waals surface area contributed by atoms with Gasteiger partial charge in [0, 0.05) is 6.04 Å². The number of amides is 2. The van der Waals surface area contributed by atoms with Crippen molar-refractivity contribution in [3.8, 4) is 0 Å². The molecule has 2 heterocycles. The Bertz CT molecular complexity index is 1070. The lowest BCUT2D eigenvalue weighted by atomic mass is 9.77. The smallest absolute Gasteiger partial charge is 0.325 e. The molecule has 0 bridgehead atoms. The first-order valence-corrected chi connectivity index (χ1v) is 9.94. The lowest BCUT2D eigenvalue weighted by Crippen LogP contribution is -2.56. The van der Waals surface area contributed by atoms with E-state index in [9.17, 15) is 29.4 Å². The first-order valence-electron chi connectivity index (χ1n) is 9.94. The number of aliphatic carboxylic acids is 2. The minimum absolute atomic E-state index is 0.00870. The van der Waals surface area contributed by atoms with Crippen LogP contribution in [0, 0.1) is 18.8 Å². The summed E-state index contributed by atoms with van der Waals surface area (Å²) in [4.78, 5) is 51.8. The number of imide groups is 1. The number of benzene rings is 2. The maximum Gasteiger partial charge on any atom is 0.325 e. The van der Waals surface area contributed by atoms with E-state index in [1.807, 2.05) is 25.1 Å². The Labute approximate surface area is 178 Å². The number of fused-ring (bicyclic) bond motifs is 1. The molecule has 2 aromatic rings. The highest BCUT2D eigenvalue weighted by Gasteiger charge is 2.69. The van der Waals surface area contributed by atoms with Crippen LogP contribution in [0.5, 0.6) is 0 Å². The van der Waals surface area contributed by atoms with Crippen LogP contribution in [-0.4, -0.2) is 44.4 Å². The summed E-state index contributed by atoms with van der Waals surface area (Å²) in [6.07, 6.45) is -0.815. The second kappa shape index (κ2) is 7.63. The number of likely N-dealkylation sites (tertiary alicyclic amines) is 1. The van der Waals surface area contributed by atoms with Crippen LogP contribution in [0.1, 0.15) is 29.2 Å². The normalized spacial score (nSPS) is 27.4. The van der Waals surface area contributed by atoms with Crippen molar-refractivity contribution in [3.63, 3.8) is 0 Å². The number of aryl methyl sites for hydroxylation is 1. The summed E-state index contributed by atoms with van der Waals surface area (Å²) in [5.74, 6) is -6.29. The Morgan fingerprint density at radius 3 is 2.26 bits per heavy atom. The van der Waals surface area contributed by atoms with Gasteiger partial charge >= 0.3 is 11.9 Å². The standard InChI is InChI=1S/C23H22N2O6/c1-13-7-5-6-10-15(13)19-17-18(23(24-19,22(30)31)11-16(26)27)21(29)25(20(17)28)12-14-8-3-2-4-9-14/h2-10,17-19,24H,11-12H2,1H3,(H,26,27)(H,30,31). The summed E-state index contributed by atoms with van der Waals surface area (Å²) >= 11 is 0. The summed E-state index contributed by atoms with van der Waals surface area (Å²) in [6, 6.07) is 15.3. The van der Waals surface area contributed by atoms with Crippen LogP contribution in [-0.2, 0) is 25.7 Å². The molecule has 2 aliphatic rings. The van der Waals surface area contributed by atoms with E-state index >= 15 is 0 Å². The van der Waals surface area contributed by atoms with Gasteiger partial charge < -0.3 is 10.2 Å². The second-order valence-electron chi connectivity index (χ2n) is 8.08. The van der Waals surface area contributed by atoms with Crippen LogP contribution in [0.3, 0.4) is 0 Å². The molecular formula is C23H22N2O6. The number of carbonyl (C=O) groups excluding carboxylic acids is 2. The topological polar surface area (TPSA) is 124 Å². The van der Waals surface area contributed by atoms with Gasteiger partial charge in [0.1, 0.15) is 5.54 Å². The maximum absolute atomic E-state index is 13.4. The Kier molecular flexibility index (Phi) is 5.10. The molecule has 2 aromatic carbocycles. The summed E-state index contributed by atoms with van der Waals surface area (Å²) in [7, 11) is 0. The fraction of sp³-hybridized carbons (Fsp3) is 0.304. The molecule has 4 atom stereocenters. The average molecular weight is 422 g/mol. The Hall–Kier alpha value is -3.52. The predicted octanol–water partition coefficient (Wildman–Crippen LogP) is 1.74. The minimum Gasteiger partial charge on any atom is -0.481 e. The van der Waals surface area contributed by atoms with Gasteiger partial charge in [-0.15, -0.1) is 0 Å². The van der Waals surface area contributed by atoms with Gasteiger partial charge in [-0.25, -0.2) is 0 Å². The summed E-state index contributed by atoms with van der Waals surface area (Å²) < 4.78 is 0. The van der Waals surface area contributed by atoms with Crippen molar-refractivity contribution >= 4 is 23.8 Å². The first-order chi connectivity index (χ1) is 14.8. The van der Waals surface area contributed by atoms with Gasteiger partial charge in [-0.1, -0.05) is 54.6 Å². The van der Waals surface area contributed by atoms with Crippen molar-refractivity contribution in [1.29, 1.82) is 0 Å². The maximum atomic E-state index is 13.4. The molecule has 0 spiro atoms. The van der Waals surface area contributed by atoms with Crippen molar-refractivity contribution in [3.05, 3.63) is 71.3 Å². The Morgan fingerprint density at radius 1 is 1.00 bits per heavy atom. The molecule has 160 valence electrons. The molecule has 2 fully saturated rings. The zero-order chi connectivity index (χ0) is 22.3. The van der Waals surface area contributed by atoms with Crippen LogP contribution in [0.15, 0.2) is 54.6 Å². The molecule has 3 N–H and O–H groups in total. The van der Waals surface area contributed by atoms with Gasteiger partial charge in [0.25, 0.3) is 0 Å². The number of hydrogen-bond donors (Lipinski definition) is 3. The van der Waals surface area contributed by atoms with Gasteiger partial charge in [-0.3, -0.25) is 29.4 Å². The van der Waals surface area contributed by atoms with Crippen LogP contribution < -0.4 is 5.32 Å². The highest BCUT2D eigenvalue weighted by atomic mass is 16.4. The van der Waals surface area contributed by atoms with Gasteiger partial charge in [-0.2, -0.15) is 0 Å². The van der Waals surface area contributed by atoms with E-state index < -0.39 is 53.6 Å². The fourth-order valence-electron chi connectivity index (χ4n) is 4.86. The van der Waals surface area contributed by atoms with E-state index in [0.29, 0.717) is 5.56 Å². The number of nitrogens with zero attached hydrogens (tertiary/aromatic N) is 1. The van der Waals surface area contributed by atoms with Gasteiger partial charge in [0.05, 0.1) is 24.8 Å². The number of hydrogen-bond acceptors (Lipinski definition) is 5. The third kappa shape index (κ3) is 3.29. The number of carboxylic acid groups (broad SMARTS) is 2. The molecule has 4 unspecified atom stereocenters. The monoisotopic (exact) mass is 422 g/mol. The number of rotatable bonds is 6. The van der Waals surface area contributed by atoms with E-state index in [-0.39, 0.29) is 6.54 Å². The Balaban J connectivity index is 1.82. The molecule has 2 amide bonds. The van der Waals surface area contributed by atoms with Gasteiger partial charge in [0.15, 0.2) is 0 Å². The van der Waals surface area contributed by atoms with E-state index in [0.717, 1.165) is 16.0 Å². The molecule has 2 saturated heterocycles. The molecule has 4 rings (SSSR count). The third-order valence-corrected chi connectivity index (χ3v) is 6.26.